The van der Waals surface area contributed by atoms with E-state index >= 15 is 0 Å². The molecule has 126 valence electrons. The molecule has 1 aromatic heterocycles. The first-order chi connectivity index (χ1) is 10.9. The highest BCUT2D eigenvalue weighted by Crippen LogP contribution is 2.15. The van der Waals surface area contributed by atoms with Crippen molar-refractivity contribution in [1.82, 2.24) is 4.98 Å². The predicted octanol–water partition coefficient (Wildman–Crippen LogP) is 3.32. The Labute approximate surface area is 137 Å². The average Bonchev–Trinajstić information content (AvgIpc) is 2.94. The lowest BCUT2D eigenvalue weighted by molar-refractivity contribution is -0.118. The molecule has 1 aromatic carbocycles. The number of sulfone groups is 1. The topological polar surface area (TPSA) is 77.2 Å². The number of unbranched alkanes of at least 4 members (excludes halogenated alkanes) is 2. The van der Waals surface area contributed by atoms with Crippen LogP contribution in [0.1, 0.15) is 45.1 Å². The van der Waals surface area contributed by atoms with Gasteiger partial charge in [0.2, 0.25) is 0 Å². The molecule has 0 aliphatic heterocycles. The molecule has 2 aromatic rings. The van der Waals surface area contributed by atoms with Crippen molar-refractivity contribution in [2.45, 2.75) is 51.2 Å². The van der Waals surface area contributed by atoms with Gasteiger partial charge >= 0.3 is 0 Å². The van der Waals surface area contributed by atoms with E-state index in [-0.39, 0.29) is 16.8 Å². The molecular formula is C17H23NO4S. The normalized spacial score (nSPS) is 12.1. The van der Waals surface area contributed by atoms with Gasteiger partial charge in [0, 0.05) is 12.8 Å². The number of carbonyl (C=O) groups is 1. The summed E-state index contributed by atoms with van der Waals surface area (Å²) in [5.74, 6) is 0.376. The van der Waals surface area contributed by atoms with Gasteiger partial charge < -0.3 is 4.42 Å². The highest BCUT2D eigenvalue weighted by molar-refractivity contribution is 7.91. The molecule has 0 spiro atoms. The zero-order valence-corrected chi connectivity index (χ0v) is 14.4. The fourth-order valence-electron chi connectivity index (χ4n) is 2.37. The summed E-state index contributed by atoms with van der Waals surface area (Å²) in [6, 6.07) is 5.56. The third kappa shape index (κ3) is 5.16. The summed E-state index contributed by atoms with van der Waals surface area (Å²) in [5, 5.41) is -0.324. The second-order valence-corrected chi connectivity index (χ2v) is 8.77. The van der Waals surface area contributed by atoms with E-state index in [0.29, 0.717) is 24.8 Å². The number of fused-ring (bicyclic) bond motifs is 1. The number of hydrogen-bond acceptors (Lipinski definition) is 5. The fraction of sp³-hybridized carbons (Fsp3) is 0.529. The van der Waals surface area contributed by atoms with E-state index < -0.39 is 9.84 Å². The third-order valence-corrected chi connectivity index (χ3v) is 6.19. The Morgan fingerprint density at radius 2 is 2.00 bits per heavy atom. The second kappa shape index (κ2) is 7.73. The van der Waals surface area contributed by atoms with Crippen molar-refractivity contribution < 1.29 is 17.6 Å². The van der Waals surface area contributed by atoms with E-state index in [1.807, 2.05) is 18.2 Å². The Morgan fingerprint density at radius 3 is 2.74 bits per heavy atom. The smallest absolute Gasteiger partial charge is 0.181 e. The van der Waals surface area contributed by atoms with Crippen LogP contribution in [0.15, 0.2) is 29.0 Å². The molecule has 0 aliphatic rings. The minimum absolute atomic E-state index is 0.166. The summed E-state index contributed by atoms with van der Waals surface area (Å²) < 4.78 is 28.5. The number of carbonyl (C=O) groups excluding carboxylic acids is 1. The minimum Gasteiger partial charge on any atom is -0.443 e. The van der Waals surface area contributed by atoms with Crippen molar-refractivity contribution in [2.75, 3.05) is 5.75 Å². The number of oxazole rings is 1. The molecule has 0 unspecified atom stereocenters. The van der Waals surface area contributed by atoms with Gasteiger partial charge in [-0.15, -0.1) is 0 Å². The Kier molecular flexibility index (Phi) is 5.93. The van der Waals surface area contributed by atoms with Crippen LogP contribution in [0.2, 0.25) is 0 Å². The van der Waals surface area contributed by atoms with Crippen molar-refractivity contribution in [1.29, 1.82) is 0 Å². The molecule has 0 saturated heterocycles. The van der Waals surface area contributed by atoms with E-state index in [0.717, 1.165) is 23.9 Å². The Balaban J connectivity index is 1.71. The number of nitrogens with zero attached hydrogens (tertiary/aromatic N) is 1. The van der Waals surface area contributed by atoms with Crippen LogP contribution >= 0.6 is 0 Å². The van der Waals surface area contributed by atoms with Gasteiger partial charge in [0.15, 0.2) is 21.8 Å². The van der Waals surface area contributed by atoms with Gasteiger partial charge in [-0.05, 0) is 44.4 Å². The van der Waals surface area contributed by atoms with Crippen LogP contribution in [-0.2, 0) is 21.1 Å². The average molecular weight is 337 g/mol. The van der Waals surface area contributed by atoms with Gasteiger partial charge in [0.1, 0.15) is 11.3 Å². The van der Waals surface area contributed by atoms with Gasteiger partial charge in [-0.1, -0.05) is 12.5 Å². The maximum atomic E-state index is 12.0. The summed E-state index contributed by atoms with van der Waals surface area (Å²) in [6.45, 7) is 3.40. The zero-order valence-electron chi connectivity index (χ0n) is 13.6. The van der Waals surface area contributed by atoms with Gasteiger partial charge in [0.25, 0.3) is 0 Å². The molecule has 23 heavy (non-hydrogen) atoms. The Morgan fingerprint density at radius 1 is 1.22 bits per heavy atom. The van der Waals surface area contributed by atoms with Crippen LogP contribution in [0.25, 0.3) is 11.1 Å². The van der Waals surface area contributed by atoms with Gasteiger partial charge in [0.05, 0.1) is 11.0 Å². The predicted molar refractivity (Wildman–Crippen MR) is 90.1 cm³/mol. The molecule has 0 amide bonds. The Hall–Kier alpha value is -1.69. The van der Waals surface area contributed by atoms with E-state index in [4.69, 9.17) is 4.42 Å². The number of ketones is 1. The zero-order chi connectivity index (χ0) is 16.9. The van der Waals surface area contributed by atoms with Crippen LogP contribution in [0.5, 0.6) is 0 Å². The minimum atomic E-state index is -2.96. The standard InChI is InChI=1S/C17H23NO4S/c1-13(2)23(20,21)9-5-3-4-6-15(19)10-14-7-8-17-16(11-14)18-12-22-17/h7-8,11-13H,3-6,9-10H2,1-2H3. The summed E-state index contributed by atoms with van der Waals surface area (Å²) in [4.78, 5) is 16.1. The monoisotopic (exact) mass is 337 g/mol. The van der Waals surface area contributed by atoms with Crippen molar-refractivity contribution in [2.24, 2.45) is 0 Å². The summed E-state index contributed by atoms with van der Waals surface area (Å²) in [6.07, 6.45) is 4.38. The molecule has 0 bridgehead atoms. The molecule has 0 saturated carbocycles. The first-order valence-electron chi connectivity index (χ1n) is 7.94. The van der Waals surface area contributed by atoms with Crippen LogP contribution < -0.4 is 0 Å². The van der Waals surface area contributed by atoms with Crippen molar-refractivity contribution in [3.63, 3.8) is 0 Å². The van der Waals surface area contributed by atoms with E-state index in [2.05, 4.69) is 4.98 Å². The van der Waals surface area contributed by atoms with E-state index in [1.165, 1.54) is 6.39 Å². The lowest BCUT2D eigenvalue weighted by atomic mass is 10.0. The van der Waals surface area contributed by atoms with Gasteiger partial charge in [-0.25, -0.2) is 13.4 Å². The first-order valence-corrected chi connectivity index (χ1v) is 9.65. The third-order valence-electron chi connectivity index (χ3n) is 3.90. The molecule has 0 radical (unpaired) electrons. The highest BCUT2D eigenvalue weighted by Gasteiger charge is 2.15. The summed E-state index contributed by atoms with van der Waals surface area (Å²) >= 11 is 0. The molecular weight excluding hydrogens is 314 g/mol. The number of aromatic nitrogens is 1. The fourth-order valence-corrected chi connectivity index (χ4v) is 3.45. The quantitative estimate of drug-likeness (QED) is 0.656. The SMILES string of the molecule is CC(C)S(=O)(=O)CCCCCC(=O)Cc1ccc2ocnc2c1. The maximum Gasteiger partial charge on any atom is 0.181 e. The highest BCUT2D eigenvalue weighted by atomic mass is 32.2. The Bertz CT molecular complexity index is 762. The largest absolute Gasteiger partial charge is 0.443 e. The van der Waals surface area contributed by atoms with E-state index in [9.17, 15) is 13.2 Å². The summed E-state index contributed by atoms with van der Waals surface area (Å²) in [7, 11) is -2.96. The second-order valence-electron chi connectivity index (χ2n) is 6.10. The molecule has 0 fully saturated rings. The van der Waals surface area contributed by atoms with Crippen LogP contribution in [0.3, 0.4) is 0 Å². The number of rotatable bonds is 9. The molecule has 5 nitrogen and oxygen atoms in total. The van der Waals surface area contributed by atoms with Crippen molar-refractivity contribution in [3.8, 4) is 0 Å². The molecule has 2 rings (SSSR count). The maximum absolute atomic E-state index is 12.0. The number of Topliss-reactive ketones (excluding diaryl/α,β-unsaturated/α-hetero) is 1. The molecule has 1 heterocycles. The van der Waals surface area contributed by atoms with Crippen LogP contribution in [0.4, 0.5) is 0 Å². The lowest BCUT2D eigenvalue weighted by Gasteiger charge is -2.07. The van der Waals surface area contributed by atoms with Gasteiger partial charge in [-0.2, -0.15) is 0 Å². The molecule has 0 atom stereocenters. The summed E-state index contributed by atoms with van der Waals surface area (Å²) in [5.41, 5.74) is 2.40. The van der Waals surface area contributed by atoms with E-state index in [1.54, 1.807) is 13.8 Å². The lowest BCUT2D eigenvalue weighted by Crippen LogP contribution is -2.17. The van der Waals surface area contributed by atoms with Crippen LogP contribution in [0, 0.1) is 0 Å². The van der Waals surface area contributed by atoms with Crippen molar-refractivity contribution in [3.05, 3.63) is 30.2 Å². The first kappa shape index (κ1) is 17.7. The number of benzene rings is 1. The molecule has 0 aliphatic carbocycles. The molecule has 0 N–H and O–H groups in total. The molecule has 6 heteroatoms. The van der Waals surface area contributed by atoms with Crippen molar-refractivity contribution >= 4 is 26.7 Å². The van der Waals surface area contributed by atoms with Crippen LogP contribution in [-0.4, -0.2) is 30.2 Å². The van der Waals surface area contributed by atoms with Gasteiger partial charge in [-0.3, -0.25) is 4.79 Å². The number of hydrogen-bond donors (Lipinski definition) is 0.